The van der Waals surface area contributed by atoms with Gasteiger partial charge in [0.05, 0.1) is 17.1 Å². The van der Waals surface area contributed by atoms with Crippen molar-refractivity contribution in [2.24, 2.45) is 7.05 Å². The molecule has 0 aliphatic heterocycles. The molecule has 1 atom stereocenters. The van der Waals surface area contributed by atoms with Crippen LogP contribution in [0.1, 0.15) is 31.6 Å². The molecule has 0 bridgehead atoms. The fourth-order valence-electron chi connectivity index (χ4n) is 2.33. The van der Waals surface area contributed by atoms with Crippen LogP contribution in [-0.4, -0.2) is 28.1 Å². The van der Waals surface area contributed by atoms with E-state index in [1.54, 1.807) is 0 Å². The Morgan fingerprint density at radius 2 is 2.11 bits per heavy atom. The summed E-state index contributed by atoms with van der Waals surface area (Å²) in [5, 5.41) is 3.57. The van der Waals surface area contributed by atoms with Gasteiger partial charge in [0.2, 0.25) is 0 Å². The number of benzene rings is 1. The minimum atomic E-state index is 0.298. The number of nitrogens with one attached hydrogen (secondary N) is 1. The molecule has 0 radical (unpaired) electrons. The predicted octanol–water partition coefficient (Wildman–Crippen LogP) is 3.37. The van der Waals surface area contributed by atoms with Crippen molar-refractivity contribution < 1.29 is 0 Å². The quantitative estimate of drug-likeness (QED) is 0.787. The first-order valence-electron chi connectivity index (χ1n) is 6.87. The Morgan fingerprint density at radius 1 is 1.32 bits per heavy atom. The first kappa shape index (κ1) is 14.4. The van der Waals surface area contributed by atoms with Gasteiger partial charge in [-0.15, -0.1) is 0 Å². The number of aromatic nitrogens is 2. The predicted molar refractivity (Wildman–Crippen MR) is 84.7 cm³/mol. The highest BCUT2D eigenvalue weighted by Crippen LogP contribution is 2.19. The van der Waals surface area contributed by atoms with Gasteiger partial charge >= 0.3 is 0 Å². The van der Waals surface area contributed by atoms with E-state index in [0.29, 0.717) is 6.04 Å². The molecular weight excluding hydrogens is 254 g/mol. The molecule has 2 aromatic rings. The van der Waals surface area contributed by atoms with Crippen LogP contribution >= 0.6 is 11.8 Å². The zero-order valence-corrected chi connectivity index (χ0v) is 12.8. The third kappa shape index (κ3) is 3.51. The van der Waals surface area contributed by atoms with Crippen LogP contribution in [0.15, 0.2) is 24.3 Å². The lowest BCUT2D eigenvalue weighted by Gasteiger charge is -2.13. The average molecular weight is 277 g/mol. The standard InChI is InChI=1S/C15H23N3S/c1-12(16-10-6-7-11-19-3)15-17-13-8-4-5-9-14(13)18(15)2/h4-5,8-9,12,16H,6-7,10-11H2,1-3H3. The fraction of sp³-hybridized carbons (Fsp3) is 0.533. The molecule has 1 aromatic carbocycles. The lowest BCUT2D eigenvalue weighted by molar-refractivity contribution is 0.521. The van der Waals surface area contributed by atoms with Crippen LogP contribution in [0.3, 0.4) is 0 Å². The van der Waals surface area contributed by atoms with E-state index < -0.39 is 0 Å². The van der Waals surface area contributed by atoms with Crippen LogP contribution in [-0.2, 0) is 7.05 Å². The van der Waals surface area contributed by atoms with E-state index in [9.17, 15) is 0 Å². The summed E-state index contributed by atoms with van der Waals surface area (Å²) >= 11 is 1.92. The van der Waals surface area contributed by atoms with Crippen LogP contribution < -0.4 is 5.32 Å². The Morgan fingerprint density at radius 3 is 2.84 bits per heavy atom. The Bertz CT molecular complexity index is 521. The molecule has 1 aromatic heterocycles. The molecule has 2 rings (SSSR count). The lowest BCUT2D eigenvalue weighted by Crippen LogP contribution is -2.22. The molecule has 4 heteroatoms. The molecule has 0 aliphatic rings. The molecule has 0 fully saturated rings. The van der Waals surface area contributed by atoms with Crippen LogP contribution in [0, 0.1) is 0 Å². The second-order valence-electron chi connectivity index (χ2n) is 4.89. The van der Waals surface area contributed by atoms with E-state index in [0.717, 1.165) is 17.9 Å². The van der Waals surface area contributed by atoms with Gasteiger partial charge in [-0.05, 0) is 50.5 Å². The maximum absolute atomic E-state index is 4.72. The maximum Gasteiger partial charge on any atom is 0.126 e. The van der Waals surface area contributed by atoms with E-state index in [-0.39, 0.29) is 0 Å². The van der Waals surface area contributed by atoms with Gasteiger partial charge in [-0.1, -0.05) is 12.1 Å². The summed E-state index contributed by atoms with van der Waals surface area (Å²) in [5.74, 6) is 2.37. The highest BCUT2D eigenvalue weighted by molar-refractivity contribution is 7.98. The minimum absolute atomic E-state index is 0.298. The van der Waals surface area contributed by atoms with Crippen LogP contribution in [0.4, 0.5) is 0 Å². The van der Waals surface area contributed by atoms with Crippen molar-refractivity contribution >= 4 is 22.8 Å². The van der Waals surface area contributed by atoms with Gasteiger partial charge in [-0.3, -0.25) is 0 Å². The third-order valence-corrected chi connectivity index (χ3v) is 4.13. The molecule has 0 saturated heterocycles. The SMILES string of the molecule is CSCCCCNC(C)c1nc2ccccc2n1C. The zero-order valence-electron chi connectivity index (χ0n) is 12.0. The van der Waals surface area contributed by atoms with Gasteiger partial charge in [0.25, 0.3) is 0 Å². The van der Waals surface area contributed by atoms with Crippen LogP contribution in [0.2, 0.25) is 0 Å². The summed E-state index contributed by atoms with van der Waals surface area (Å²) in [6, 6.07) is 8.60. The van der Waals surface area contributed by atoms with E-state index in [4.69, 9.17) is 4.98 Å². The molecule has 0 spiro atoms. The third-order valence-electron chi connectivity index (χ3n) is 3.43. The Hall–Kier alpha value is -1.00. The van der Waals surface area contributed by atoms with Crippen LogP contribution in [0.5, 0.6) is 0 Å². The van der Waals surface area contributed by atoms with Gasteiger partial charge in [0, 0.05) is 7.05 Å². The number of fused-ring (bicyclic) bond motifs is 1. The first-order chi connectivity index (χ1) is 9.24. The van der Waals surface area contributed by atoms with Crippen molar-refractivity contribution in [3.8, 4) is 0 Å². The highest BCUT2D eigenvalue weighted by atomic mass is 32.2. The molecule has 0 aliphatic carbocycles. The summed E-state index contributed by atoms with van der Waals surface area (Å²) in [6.45, 7) is 3.25. The average Bonchev–Trinajstić information content (AvgIpc) is 2.76. The number of imidazole rings is 1. The number of para-hydroxylation sites is 2. The second kappa shape index (κ2) is 6.96. The molecule has 0 amide bonds. The van der Waals surface area contributed by atoms with Gasteiger partial charge in [0.15, 0.2) is 0 Å². The van der Waals surface area contributed by atoms with E-state index in [1.165, 1.54) is 24.1 Å². The maximum atomic E-state index is 4.72. The fourth-order valence-corrected chi connectivity index (χ4v) is 2.83. The number of nitrogens with zero attached hydrogens (tertiary/aromatic N) is 2. The summed E-state index contributed by atoms with van der Waals surface area (Å²) < 4.78 is 2.19. The van der Waals surface area contributed by atoms with Gasteiger partial charge in [-0.25, -0.2) is 4.98 Å². The first-order valence-corrected chi connectivity index (χ1v) is 8.27. The van der Waals surface area contributed by atoms with E-state index >= 15 is 0 Å². The molecule has 104 valence electrons. The summed E-state index contributed by atoms with van der Waals surface area (Å²) in [4.78, 5) is 4.72. The summed E-state index contributed by atoms with van der Waals surface area (Å²) in [7, 11) is 2.09. The molecule has 0 saturated carbocycles. The number of aryl methyl sites for hydroxylation is 1. The van der Waals surface area contributed by atoms with Crippen molar-refractivity contribution in [2.75, 3.05) is 18.6 Å². The van der Waals surface area contributed by atoms with E-state index in [1.807, 2.05) is 17.8 Å². The zero-order chi connectivity index (χ0) is 13.7. The Balaban J connectivity index is 1.97. The normalized spacial score (nSPS) is 13.0. The summed E-state index contributed by atoms with van der Waals surface area (Å²) in [5.41, 5.74) is 2.28. The number of thioether (sulfide) groups is 1. The van der Waals surface area contributed by atoms with Crippen LogP contribution in [0.25, 0.3) is 11.0 Å². The van der Waals surface area contributed by atoms with Crippen molar-refractivity contribution in [3.05, 3.63) is 30.1 Å². The monoisotopic (exact) mass is 277 g/mol. The van der Waals surface area contributed by atoms with Gasteiger partial charge in [-0.2, -0.15) is 11.8 Å². The van der Waals surface area contributed by atoms with Crippen molar-refractivity contribution in [1.29, 1.82) is 0 Å². The molecule has 1 heterocycles. The number of hydrogen-bond acceptors (Lipinski definition) is 3. The molecule has 1 N–H and O–H groups in total. The molecule has 3 nitrogen and oxygen atoms in total. The molecule has 1 unspecified atom stereocenters. The number of unbranched alkanes of at least 4 members (excludes halogenated alkanes) is 1. The van der Waals surface area contributed by atoms with Crippen molar-refractivity contribution in [3.63, 3.8) is 0 Å². The molecule has 19 heavy (non-hydrogen) atoms. The number of rotatable bonds is 7. The van der Waals surface area contributed by atoms with Crippen molar-refractivity contribution in [2.45, 2.75) is 25.8 Å². The lowest BCUT2D eigenvalue weighted by atomic mass is 10.3. The van der Waals surface area contributed by atoms with Gasteiger partial charge in [0.1, 0.15) is 5.82 Å². The smallest absolute Gasteiger partial charge is 0.126 e. The summed E-state index contributed by atoms with van der Waals surface area (Å²) in [6.07, 6.45) is 4.67. The Labute approximate surface area is 119 Å². The highest BCUT2D eigenvalue weighted by Gasteiger charge is 2.13. The van der Waals surface area contributed by atoms with Crippen molar-refractivity contribution in [1.82, 2.24) is 14.9 Å². The number of hydrogen-bond donors (Lipinski definition) is 1. The minimum Gasteiger partial charge on any atom is -0.330 e. The largest absolute Gasteiger partial charge is 0.330 e. The van der Waals surface area contributed by atoms with Gasteiger partial charge < -0.3 is 9.88 Å². The second-order valence-corrected chi connectivity index (χ2v) is 5.88. The topological polar surface area (TPSA) is 29.9 Å². The van der Waals surface area contributed by atoms with E-state index in [2.05, 4.69) is 48.3 Å². The Kier molecular flexibility index (Phi) is 5.28. The molecular formula is C15H23N3S.